The van der Waals surface area contributed by atoms with Crippen molar-refractivity contribution in [2.24, 2.45) is 0 Å². The Morgan fingerprint density at radius 3 is 2.97 bits per heavy atom. The Hall–Kier alpha value is -3.29. The molecule has 0 N–H and O–H groups in total. The summed E-state index contributed by atoms with van der Waals surface area (Å²) in [7, 11) is 0. The molecule has 0 aliphatic heterocycles. The molecule has 30 heavy (non-hydrogen) atoms. The molecule has 0 unspecified atom stereocenters. The summed E-state index contributed by atoms with van der Waals surface area (Å²) in [5.74, 6) is 1.17. The fourth-order valence-electron chi connectivity index (χ4n) is 3.83. The van der Waals surface area contributed by atoms with Crippen LogP contribution < -0.4 is 0 Å². The number of hydrogen-bond donors (Lipinski definition) is 0. The average Bonchev–Trinajstić information content (AvgIpc) is 3.47. The minimum Gasteiger partial charge on any atom is -0.464 e. The lowest BCUT2D eigenvalue weighted by molar-refractivity contribution is -0.141. The van der Waals surface area contributed by atoms with Crippen molar-refractivity contribution in [1.29, 1.82) is 0 Å². The Kier molecular flexibility index (Phi) is 5.74. The molecule has 0 radical (unpaired) electrons. The van der Waals surface area contributed by atoms with Gasteiger partial charge in [0, 0.05) is 31.5 Å². The van der Waals surface area contributed by atoms with Crippen molar-refractivity contribution in [1.82, 2.24) is 19.9 Å². The lowest BCUT2D eigenvalue weighted by atomic mass is 9.93. The first kappa shape index (κ1) is 20.0. The third-order valence-electron chi connectivity index (χ3n) is 5.39. The molecule has 8 nitrogen and oxygen atoms in total. The maximum absolute atomic E-state index is 12.8. The number of carbonyl (C=O) groups is 2. The molecule has 3 aromatic rings. The first-order chi connectivity index (χ1) is 14.5. The van der Waals surface area contributed by atoms with E-state index in [0.717, 1.165) is 18.4 Å². The Morgan fingerprint density at radius 2 is 2.20 bits per heavy atom. The van der Waals surface area contributed by atoms with E-state index in [1.165, 1.54) is 18.1 Å². The van der Waals surface area contributed by atoms with E-state index in [1.54, 1.807) is 17.1 Å². The number of hydrogen-bond acceptors (Lipinski definition) is 7. The van der Waals surface area contributed by atoms with Gasteiger partial charge < -0.3 is 9.26 Å². The highest BCUT2D eigenvalue weighted by Gasteiger charge is 2.26. The van der Waals surface area contributed by atoms with Gasteiger partial charge in [-0.1, -0.05) is 24.2 Å². The number of aromatic nitrogens is 4. The standard InChI is InChI=1S/C22H24N4O4/c1-3-21-24-22(25-30-21)17-6-7-19-15(10-17)4-5-16(19)11-20(28)18-12-23-26(13-18)8-9-29-14(2)27/h6-7,10,12-13,16H,3-5,8-9,11H2,1-2H3/t16-/m0/s1. The molecule has 156 valence electrons. The lowest BCUT2D eigenvalue weighted by Gasteiger charge is -2.10. The molecule has 0 saturated carbocycles. The second-order valence-corrected chi connectivity index (χ2v) is 7.47. The second-order valence-electron chi connectivity index (χ2n) is 7.47. The van der Waals surface area contributed by atoms with Gasteiger partial charge in [0.2, 0.25) is 11.7 Å². The first-order valence-electron chi connectivity index (χ1n) is 10.2. The molecular weight excluding hydrogens is 384 g/mol. The Morgan fingerprint density at radius 1 is 1.33 bits per heavy atom. The van der Waals surface area contributed by atoms with Crippen molar-refractivity contribution in [2.45, 2.75) is 52.0 Å². The monoisotopic (exact) mass is 408 g/mol. The summed E-state index contributed by atoms with van der Waals surface area (Å²) < 4.78 is 11.7. The molecule has 1 aromatic carbocycles. The van der Waals surface area contributed by atoms with Crippen LogP contribution >= 0.6 is 0 Å². The molecule has 1 aliphatic carbocycles. The molecule has 8 heteroatoms. The Labute approximate surface area is 174 Å². The van der Waals surface area contributed by atoms with E-state index >= 15 is 0 Å². The maximum atomic E-state index is 12.8. The summed E-state index contributed by atoms with van der Waals surface area (Å²) >= 11 is 0. The van der Waals surface area contributed by atoms with Gasteiger partial charge >= 0.3 is 5.97 Å². The average molecular weight is 408 g/mol. The number of esters is 1. The normalized spacial score (nSPS) is 15.2. The van der Waals surface area contributed by atoms with Gasteiger partial charge in [-0.25, -0.2) is 0 Å². The first-order valence-corrected chi connectivity index (χ1v) is 10.2. The van der Waals surface area contributed by atoms with Crippen molar-refractivity contribution in [2.75, 3.05) is 6.61 Å². The van der Waals surface area contributed by atoms with Gasteiger partial charge in [0.1, 0.15) is 6.61 Å². The van der Waals surface area contributed by atoms with Gasteiger partial charge in [0.25, 0.3) is 0 Å². The Bertz CT molecular complexity index is 1070. The number of nitrogens with zero attached hydrogens (tertiary/aromatic N) is 4. The van der Waals surface area contributed by atoms with E-state index in [1.807, 2.05) is 13.0 Å². The van der Waals surface area contributed by atoms with Crippen molar-refractivity contribution in [3.63, 3.8) is 0 Å². The second kappa shape index (κ2) is 8.61. The molecule has 0 bridgehead atoms. The third-order valence-corrected chi connectivity index (χ3v) is 5.39. The van der Waals surface area contributed by atoms with Gasteiger partial charge in [-0.2, -0.15) is 10.1 Å². The van der Waals surface area contributed by atoms with Crippen LogP contribution in [0.5, 0.6) is 0 Å². The summed E-state index contributed by atoms with van der Waals surface area (Å²) in [5, 5.41) is 8.23. The summed E-state index contributed by atoms with van der Waals surface area (Å²) in [6.45, 7) is 4.01. The van der Waals surface area contributed by atoms with E-state index in [-0.39, 0.29) is 24.3 Å². The van der Waals surface area contributed by atoms with Gasteiger partial charge in [-0.05, 0) is 36.0 Å². The zero-order valence-electron chi connectivity index (χ0n) is 17.1. The number of rotatable bonds is 8. The molecule has 2 aromatic heterocycles. The van der Waals surface area contributed by atoms with Crippen molar-refractivity contribution >= 4 is 11.8 Å². The number of carbonyl (C=O) groups excluding carboxylic acids is 2. The molecule has 2 heterocycles. The van der Waals surface area contributed by atoms with E-state index in [4.69, 9.17) is 9.26 Å². The molecule has 1 aliphatic rings. The largest absolute Gasteiger partial charge is 0.464 e. The van der Waals surface area contributed by atoms with Crippen LogP contribution in [0, 0.1) is 0 Å². The molecule has 4 rings (SSSR count). The molecule has 0 spiro atoms. The van der Waals surface area contributed by atoms with Crippen LogP contribution in [-0.2, 0) is 28.9 Å². The molecule has 0 amide bonds. The highest BCUT2D eigenvalue weighted by molar-refractivity contribution is 5.96. The summed E-state index contributed by atoms with van der Waals surface area (Å²) in [6, 6.07) is 6.19. The minimum atomic E-state index is -0.327. The number of fused-ring (bicyclic) bond motifs is 1. The lowest BCUT2D eigenvalue weighted by Crippen LogP contribution is -2.09. The molecule has 0 saturated heterocycles. The van der Waals surface area contributed by atoms with Crippen LogP contribution in [0.4, 0.5) is 0 Å². The number of ether oxygens (including phenoxy) is 1. The predicted molar refractivity (Wildman–Crippen MR) is 108 cm³/mol. The summed E-state index contributed by atoms with van der Waals surface area (Å²) in [5.41, 5.74) is 3.99. The Balaban J connectivity index is 1.40. The van der Waals surface area contributed by atoms with Crippen LogP contribution in [0.15, 0.2) is 35.1 Å². The van der Waals surface area contributed by atoms with Crippen LogP contribution in [-0.4, -0.2) is 38.3 Å². The summed E-state index contributed by atoms with van der Waals surface area (Å²) in [6.07, 6.45) is 6.33. The van der Waals surface area contributed by atoms with Crippen molar-refractivity contribution < 1.29 is 18.8 Å². The van der Waals surface area contributed by atoms with E-state index in [9.17, 15) is 9.59 Å². The van der Waals surface area contributed by atoms with Gasteiger partial charge in [-0.15, -0.1) is 0 Å². The smallest absolute Gasteiger partial charge is 0.302 e. The van der Waals surface area contributed by atoms with E-state index in [2.05, 4.69) is 27.4 Å². The predicted octanol–water partition coefficient (Wildman–Crippen LogP) is 3.36. The highest BCUT2D eigenvalue weighted by Crippen LogP contribution is 2.38. The van der Waals surface area contributed by atoms with Crippen LogP contribution in [0.25, 0.3) is 11.4 Å². The van der Waals surface area contributed by atoms with Crippen molar-refractivity contribution in [3.05, 3.63) is 53.2 Å². The van der Waals surface area contributed by atoms with Crippen LogP contribution in [0.1, 0.15) is 60.0 Å². The maximum Gasteiger partial charge on any atom is 0.302 e. The summed E-state index contributed by atoms with van der Waals surface area (Å²) in [4.78, 5) is 28.0. The van der Waals surface area contributed by atoms with E-state index < -0.39 is 0 Å². The minimum absolute atomic E-state index is 0.0708. The number of Topliss-reactive ketones (excluding diaryl/α,β-unsaturated/α-hetero) is 1. The zero-order chi connectivity index (χ0) is 21.1. The van der Waals surface area contributed by atoms with E-state index in [0.29, 0.717) is 36.7 Å². The molecule has 0 fully saturated rings. The van der Waals surface area contributed by atoms with Gasteiger partial charge in [-0.3, -0.25) is 14.3 Å². The number of benzene rings is 1. The number of ketones is 1. The number of aryl methyl sites for hydroxylation is 2. The van der Waals surface area contributed by atoms with Gasteiger partial charge in [0.15, 0.2) is 5.78 Å². The topological polar surface area (TPSA) is 100 Å². The van der Waals surface area contributed by atoms with Crippen LogP contribution in [0.2, 0.25) is 0 Å². The molecular formula is C22H24N4O4. The van der Waals surface area contributed by atoms with Crippen LogP contribution in [0.3, 0.4) is 0 Å². The SMILES string of the molecule is CCc1nc(-c2ccc3c(c2)CC[C@H]3CC(=O)c2cnn(CCOC(C)=O)c2)no1. The van der Waals surface area contributed by atoms with Crippen molar-refractivity contribution in [3.8, 4) is 11.4 Å². The fourth-order valence-corrected chi connectivity index (χ4v) is 3.83. The third kappa shape index (κ3) is 4.32. The fraction of sp³-hybridized carbons (Fsp3) is 0.409. The van der Waals surface area contributed by atoms with Gasteiger partial charge in [0.05, 0.1) is 18.3 Å². The quantitative estimate of drug-likeness (QED) is 0.416. The highest BCUT2D eigenvalue weighted by atomic mass is 16.5. The molecule has 1 atom stereocenters. The zero-order valence-corrected chi connectivity index (χ0v) is 17.1.